The minimum absolute atomic E-state index is 0.0336. The van der Waals surface area contributed by atoms with Gasteiger partial charge >= 0.3 is 0 Å². The van der Waals surface area contributed by atoms with Crippen LogP contribution in [0.4, 0.5) is 0 Å². The minimum atomic E-state index is -0.262. The Balaban J connectivity index is 2.61. The number of thioether (sulfide) groups is 1. The second-order valence-electron chi connectivity index (χ2n) is 5.15. The van der Waals surface area contributed by atoms with Crippen molar-refractivity contribution in [2.24, 2.45) is 5.41 Å². The minimum Gasteiger partial charge on any atom is -0.392 e. The molecule has 1 rings (SSSR count). The van der Waals surface area contributed by atoms with Gasteiger partial charge in [-0.15, -0.1) is 11.8 Å². The number of aliphatic hydroxyl groups excluding tert-OH is 1. The van der Waals surface area contributed by atoms with Crippen molar-refractivity contribution in [1.82, 2.24) is 0 Å². The third-order valence-corrected chi connectivity index (χ3v) is 3.94. The summed E-state index contributed by atoms with van der Waals surface area (Å²) >= 11 is 1.76. The van der Waals surface area contributed by atoms with Gasteiger partial charge in [0.05, 0.1) is 6.10 Å². The Hall–Kier alpha value is -0.470. The number of aliphatic hydroxyl groups is 1. The Labute approximate surface area is 103 Å². The summed E-state index contributed by atoms with van der Waals surface area (Å²) in [5.41, 5.74) is 1.34. The highest BCUT2D eigenvalue weighted by Crippen LogP contribution is 2.28. The van der Waals surface area contributed by atoms with Crippen LogP contribution in [0.1, 0.15) is 33.3 Å². The van der Waals surface area contributed by atoms with Crippen molar-refractivity contribution in [3.63, 3.8) is 0 Å². The maximum Gasteiger partial charge on any atom is 0.0682 e. The van der Waals surface area contributed by atoms with E-state index in [1.165, 1.54) is 10.5 Å². The molecule has 0 amide bonds. The summed E-state index contributed by atoms with van der Waals surface area (Å²) in [6, 6.07) is 8.43. The van der Waals surface area contributed by atoms with Crippen LogP contribution in [0.2, 0.25) is 0 Å². The van der Waals surface area contributed by atoms with Crippen LogP contribution in [-0.2, 0) is 6.42 Å². The molecule has 0 heterocycles. The van der Waals surface area contributed by atoms with Crippen LogP contribution in [0.5, 0.6) is 0 Å². The van der Waals surface area contributed by atoms with Crippen molar-refractivity contribution in [2.75, 3.05) is 5.75 Å². The lowest BCUT2D eigenvalue weighted by atomic mass is 9.90. The molecular weight excluding hydrogens is 216 g/mol. The highest BCUT2D eigenvalue weighted by Gasteiger charge is 2.22. The summed E-state index contributed by atoms with van der Waals surface area (Å²) in [6.07, 6.45) is 0.789. The molecule has 0 aliphatic carbocycles. The van der Waals surface area contributed by atoms with Crippen molar-refractivity contribution in [3.8, 4) is 0 Å². The zero-order valence-corrected chi connectivity index (χ0v) is 11.5. The van der Waals surface area contributed by atoms with Gasteiger partial charge in [-0.05, 0) is 23.5 Å². The molecule has 1 N–H and O–H groups in total. The Bertz CT molecular complexity index is 328. The van der Waals surface area contributed by atoms with Crippen LogP contribution in [-0.4, -0.2) is 17.0 Å². The monoisotopic (exact) mass is 238 g/mol. The van der Waals surface area contributed by atoms with E-state index in [2.05, 4.69) is 52.0 Å². The fourth-order valence-corrected chi connectivity index (χ4v) is 2.77. The molecule has 16 heavy (non-hydrogen) atoms. The third-order valence-electron chi connectivity index (χ3n) is 2.75. The van der Waals surface area contributed by atoms with E-state index in [0.29, 0.717) is 0 Å². The fourth-order valence-electron chi connectivity index (χ4n) is 1.36. The van der Waals surface area contributed by atoms with E-state index in [-0.39, 0.29) is 11.5 Å². The highest BCUT2D eigenvalue weighted by molar-refractivity contribution is 7.99. The van der Waals surface area contributed by atoms with Crippen LogP contribution in [0.3, 0.4) is 0 Å². The molecule has 0 fully saturated rings. The van der Waals surface area contributed by atoms with Crippen molar-refractivity contribution >= 4 is 11.8 Å². The van der Waals surface area contributed by atoms with Crippen molar-refractivity contribution in [3.05, 3.63) is 29.8 Å². The molecule has 1 unspecified atom stereocenters. The Kier molecular flexibility index (Phi) is 4.88. The SMILES string of the molecule is CCc1ccccc1SCC(O)C(C)(C)C. The molecule has 0 spiro atoms. The predicted molar refractivity (Wildman–Crippen MR) is 72.0 cm³/mol. The van der Waals surface area contributed by atoms with Gasteiger partial charge in [0.25, 0.3) is 0 Å². The normalized spacial score (nSPS) is 13.8. The molecule has 0 saturated carbocycles. The zero-order valence-electron chi connectivity index (χ0n) is 10.7. The summed E-state index contributed by atoms with van der Waals surface area (Å²) in [4.78, 5) is 1.30. The fraction of sp³-hybridized carbons (Fsp3) is 0.571. The first-order chi connectivity index (χ1) is 7.45. The summed E-state index contributed by atoms with van der Waals surface area (Å²) < 4.78 is 0. The van der Waals surface area contributed by atoms with Crippen molar-refractivity contribution in [2.45, 2.75) is 45.1 Å². The van der Waals surface area contributed by atoms with Gasteiger partial charge < -0.3 is 5.11 Å². The number of benzene rings is 1. The molecule has 0 radical (unpaired) electrons. The quantitative estimate of drug-likeness (QED) is 0.806. The first-order valence-corrected chi connectivity index (χ1v) is 6.82. The van der Waals surface area contributed by atoms with E-state index in [1.54, 1.807) is 11.8 Å². The van der Waals surface area contributed by atoms with E-state index in [9.17, 15) is 5.11 Å². The van der Waals surface area contributed by atoms with E-state index < -0.39 is 0 Å². The van der Waals surface area contributed by atoms with Gasteiger partial charge in [0.15, 0.2) is 0 Å². The molecule has 1 atom stereocenters. The van der Waals surface area contributed by atoms with E-state index >= 15 is 0 Å². The average Bonchev–Trinajstić information content (AvgIpc) is 2.24. The van der Waals surface area contributed by atoms with Crippen molar-refractivity contribution < 1.29 is 5.11 Å². The number of aryl methyl sites for hydroxylation is 1. The molecule has 0 saturated heterocycles. The summed E-state index contributed by atoms with van der Waals surface area (Å²) in [7, 11) is 0. The molecule has 90 valence electrons. The van der Waals surface area contributed by atoms with Gasteiger partial charge in [-0.3, -0.25) is 0 Å². The molecule has 2 heteroatoms. The lowest BCUT2D eigenvalue weighted by Crippen LogP contribution is -2.28. The average molecular weight is 238 g/mol. The van der Waals surface area contributed by atoms with Crippen LogP contribution < -0.4 is 0 Å². The molecule has 1 nitrogen and oxygen atoms in total. The van der Waals surface area contributed by atoms with Gasteiger partial charge in [-0.1, -0.05) is 45.9 Å². The second kappa shape index (κ2) is 5.74. The standard InChI is InChI=1S/C14H22OS/c1-5-11-8-6-7-9-12(11)16-10-13(15)14(2,3)4/h6-9,13,15H,5,10H2,1-4H3. The first kappa shape index (κ1) is 13.6. The first-order valence-electron chi connectivity index (χ1n) is 5.84. The smallest absolute Gasteiger partial charge is 0.0682 e. The maximum atomic E-state index is 9.99. The Morgan fingerprint density at radius 3 is 2.44 bits per heavy atom. The van der Waals surface area contributed by atoms with E-state index in [0.717, 1.165) is 12.2 Å². The molecule has 0 aliphatic heterocycles. The van der Waals surface area contributed by atoms with Gasteiger partial charge in [-0.25, -0.2) is 0 Å². The van der Waals surface area contributed by atoms with Gasteiger partial charge in [0.1, 0.15) is 0 Å². The predicted octanol–water partition coefficient (Wildman–Crippen LogP) is 3.75. The molecule has 1 aromatic rings. The largest absolute Gasteiger partial charge is 0.392 e. The zero-order chi connectivity index (χ0) is 12.2. The van der Waals surface area contributed by atoms with Gasteiger partial charge in [0.2, 0.25) is 0 Å². The second-order valence-corrected chi connectivity index (χ2v) is 6.22. The van der Waals surface area contributed by atoms with Crippen LogP contribution in [0, 0.1) is 5.41 Å². The number of hydrogen-bond donors (Lipinski definition) is 1. The van der Waals surface area contributed by atoms with E-state index in [4.69, 9.17) is 0 Å². The summed E-state index contributed by atoms with van der Waals surface area (Å²) in [5.74, 6) is 0.764. The third kappa shape index (κ3) is 3.84. The summed E-state index contributed by atoms with van der Waals surface area (Å²) in [6.45, 7) is 8.39. The Morgan fingerprint density at radius 1 is 1.25 bits per heavy atom. The number of rotatable bonds is 4. The van der Waals surface area contributed by atoms with Crippen LogP contribution >= 0.6 is 11.8 Å². The van der Waals surface area contributed by atoms with Crippen molar-refractivity contribution in [1.29, 1.82) is 0 Å². The molecule has 0 aliphatic rings. The lowest BCUT2D eigenvalue weighted by molar-refractivity contribution is 0.0843. The van der Waals surface area contributed by atoms with E-state index in [1.807, 2.05) is 0 Å². The Morgan fingerprint density at radius 2 is 1.88 bits per heavy atom. The lowest BCUT2D eigenvalue weighted by Gasteiger charge is -2.25. The van der Waals surface area contributed by atoms with Gasteiger partial charge in [-0.2, -0.15) is 0 Å². The molecule has 0 bridgehead atoms. The van der Waals surface area contributed by atoms with Gasteiger partial charge in [0, 0.05) is 10.6 Å². The molecule has 1 aromatic carbocycles. The molecular formula is C14H22OS. The molecule has 0 aromatic heterocycles. The number of hydrogen-bond acceptors (Lipinski definition) is 2. The van der Waals surface area contributed by atoms with Crippen LogP contribution in [0.15, 0.2) is 29.2 Å². The topological polar surface area (TPSA) is 20.2 Å². The maximum absolute atomic E-state index is 9.99. The summed E-state index contributed by atoms with van der Waals surface area (Å²) in [5, 5.41) is 9.99. The van der Waals surface area contributed by atoms with Crippen LogP contribution in [0.25, 0.3) is 0 Å². The highest BCUT2D eigenvalue weighted by atomic mass is 32.2.